The molecular weight excluding hydrogens is 279 g/mol. The molecule has 4 heteroatoms. The number of aromatic nitrogens is 1. The molecule has 1 saturated carbocycles. The molecule has 3 rings (SSSR count). The van der Waals surface area contributed by atoms with E-state index in [1.807, 2.05) is 30.3 Å². The lowest BCUT2D eigenvalue weighted by Gasteiger charge is -2.37. The summed E-state index contributed by atoms with van der Waals surface area (Å²) in [5, 5.41) is 4.79. The number of hydrogen-bond donors (Lipinski definition) is 1. The maximum atomic E-state index is 6.21. The Hall–Kier alpha value is -1.25. The van der Waals surface area contributed by atoms with Gasteiger partial charge in [-0.15, -0.1) is 0 Å². The number of anilines is 1. The predicted molar refractivity (Wildman–Crippen MR) is 80.1 cm³/mol. The first-order chi connectivity index (χ1) is 9.22. The van der Waals surface area contributed by atoms with E-state index in [-0.39, 0.29) is 0 Å². The third-order valence-corrected chi connectivity index (χ3v) is 4.10. The Morgan fingerprint density at radius 1 is 1.00 bits per heavy atom. The van der Waals surface area contributed by atoms with Gasteiger partial charge in [-0.1, -0.05) is 47.5 Å². The summed E-state index contributed by atoms with van der Waals surface area (Å²) in [4.78, 5) is 4.24. The highest BCUT2D eigenvalue weighted by Gasteiger charge is 2.31. The van der Waals surface area contributed by atoms with Gasteiger partial charge in [0.15, 0.2) is 0 Å². The highest BCUT2D eigenvalue weighted by atomic mass is 35.5. The molecule has 1 aromatic carbocycles. The monoisotopic (exact) mass is 292 g/mol. The first kappa shape index (κ1) is 12.8. The van der Waals surface area contributed by atoms with Crippen LogP contribution >= 0.6 is 23.2 Å². The van der Waals surface area contributed by atoms with E-state index >= 15 is 0 Å². The maximum Gasteiger partial charge on any atom is 0.131 e. The van der Waals surface area contributed by atoms with Crippen LogP contribution in [0.4, 0.5) is 5.82 Å². The van der Waals surface area contributed by atoms with Gasteiger partial charge in [-0.3, -0.25) is 0 Å². The molecule has 0 atom stereocenters. The molecule has 2 nitrogen and oxygen atoms in total. The molecule has 0 saturated heterocycles. The molecule has 1 aliphatic rings. The minimum atomic E-state index is 0.451. The van der Waals surface area contributed by atoms with Crippen molar-refractivity contribution in [1.29, 1.82) is 0 Å². The highest BCUT2D eigenvalue weighted by molar-refractivity contribution is 6.31. The summed E-state index contributed by atoms with van der Waals surface area (Å²) < 4.78 is 0. The van der Waals surface area contributed by atoms with Crippen molar-refractivity contribution in [2.45, 2.75) is 24.8 Å². The van der Waals surface area contributed by atoms with Crippen molar-refractivity contribution in [3.63, 3.8) is 0 Å². The predicted octanol–water partition coefficient (Wildman–Crippen LogP) is 4.75. The smallest absolute Gasteiger partial charge is 0.131 e. The number of nitrogens with zero attached hydrogens (tertiary/aromatic N) is 1. The normalized spacial score (nSPS) is 21.8. The fourth-order valence-electron chi connectivity index (χ4n) is 2.49. The molecule has 0 unspecified atom stereocenters. The molecule has 1 fully saturated rings. The lowest BCUT2D eigenvalue weighted by molar-refractivity contribution is 0.373. The van der Waals surface area contributed by atoms with E-state index in [1.54, 1.807) is 6.07 Å². The van der Waals surface area contributed by atoms with Crippen molar-refractivity contribution >= 4 is 29.0 Å². The molecule has 0 aliphatic heterocycles. The minimum Gasteiger partial charge on any atom is -0.367 e. The Kier molecular flexibility index (Phi) is 3.63. The Morgan fingerprint density at radius 2 is 1.79 bits per heavy atom. The van der Waals surface area contributed by atoms with Crippen molar-refractivity contribution in [1.82, 2.24) is 4.98 Å². The fraction of sp³-hybridized carbons (Fsp3) is 0.267. The second kappa shape index (κ2) is 5.40. The van der Waals surface area contributed by atoms with Crippen LogP contribution < -0.4 is 5.32 Å². The van der Waals surface area contributed by atoms with Crippen LogP contribution in [0.5, 0.6) is 0 Å². The van der Waals surface area contributed by atoms with Crippen LogP contribution in [0.2, 0.25) is 10.2 Å². The van der Waals surface area contributed by atoms with Gasteiger partial charge in [-0.2, -0.15) is 0 Å². The van der Waals surface area contributed by atoms with E-state index in [9.17, 15) is 0 Å². The summed E-state index contributed by atoms with van der Waals surface area (Å²) in [5.74, 6) is 1.39. The zero-order valence-corrected chi connectivity index (χ0v) is 11.8. The summed E-state index contributed by atoms with van der Waals surface area (Å²) >= 11 is 12.1. The van der Waals surface area contributed by atoms with Gasteiger partial charge in [-0.05, 0) is 42.5 Å². The van der Waals surface area contributed by atoms with Gasteiger partial charge in [0.1, 0.15) is 11.0 Å². The summed E-state index contributed by atoms with van der Waals surface area (Å²) in [6, 6.07) is 14.1. The van der Waals surface area contributed by atoms with E-state index in [1.165, 1.54) is 5.56 Å². The summed E-state index contributed by atoms with van der Waals surface area (Å²) in [7, 11) is 0. The average molecular weight is 293 g/mol. The van der Waals surface area contributed by atoms with Crippen molar-refractivity contribution in [3.8, 4) is 0 Å². The number of rotatable bonds is 3. The van der Waals surface area contributed by atoms with Gasteiger partial charge < -0.3 is 5.32 Å². The van der Waals surface area contributed by atoms with E-state index in [4.69, 9.17) is 23.2 Å². The van der Waals surface area contributed by atoms with Crippen molar-refractivity contribution in [2.75, 3.05) is 5.32 Å². The number of benzene rings is 1. The van der Waals surface area contributed by atoms with Crippen LogP contribution in [0.15, 0.2) is 42.5 Å². The van der Waals surface area contributed by atoms with Crippen LogP contribution in [0, 0.1) is 0 Å². The topological polar surface area (TPSA) is 24.9 Å². The molecule has 98 valence electrons. The molecular formula is C15H14Cl2N2. The largest absolute Gasteiger partial charge is 0.367 e. The Morgan fingerprint density at radius 3 is 2.53 bits per heavy atom. The van der Waals surface area contributed by atoms with Crippen LogP contribution in [0.3, 0.4) is 0 Å². The Bertz CT molecular complexity index is 580. The van der Waals surface area contributed by atoms with Gasteiger partial charge in [0.2, 0.25) is 0 Å². The molecule has 1 aliphatic carbocycles. The van der Waals surface area contributed by atoms with Crippen LogP contribution in [-0.2, 0) is 0 Å². The van der Waals surface area contributed by atoms with E-state index < -0.39 is 0 Å². The van der Waals surface area contributed by atoms with Gasteiger partial charge in [-0.25, -0.2) is 4.98 Å². The zero-order valence-electron chi connectivity index (χ0n) is 10.3. The molecule has 19 heavy (non-hydrogen) atoms. The van der Waals surface area contributed by atoms with E-state index in [0.717, 1.165) is 23.7 Å². The minimum absolute atomic E-state index is 0.451. The van der Waals surface area contributed by atoms with Crippen LogP contribution in [-0.4, -0.2) is 11.0 Å². The van der Waals surface area contributed by atoms with Crippen molar-refractivity contribution in [2.24, 2.45) is 0 Å². The standard InChI is InChI=1S/C15H14Cl2N2/c16-13-5-2-1-4-12(13)10-8-11(9-10)18-15-7-3-6-14(17)19-15/h1-7,10-11H,8-9H2,(H,18,19). The molecule has 0 amide bonds. The quantitative estimate of drug-likeness (QED) is 0.826. The first-order valence-electron chi connectivity index (χ1n) is 6.36. The van der Waals surface area contributed by atoms with Gasteiger partial charge in [0.05, 0.1) is 0 Å². The average Bonchev–Trinajstić information content (AvgIpc) is 2.35. The summed E-state index contributed by atoms with van der Waals surface area (Å²) in [5.41, 5.74) is 1.25. The van der Waals surface area contributed by atoms with E-state index in [2.05, 4.69) is 16.4 Å². The lowest BCUT2D eigenvalue weighted by atomic mass is 9.76. The number of halogens is 2. The molecule has 0 spiro atoms. The molecule has 1 aromatic heterocycles. The molecule has 2 aromatic rings. The summed E-state index contributed by atoms with van der Waals surface area (Å²) in [6.45, 7) is 0. The number of hydrogen-bond acceptors (Lipinski definition) is 2. The zero-order chi connectivity index (χ0) is 13.2. The Balaban J connectivity index is 1.60. The number of nitrogens with one attached hydrogen (secondary N) is 1. The van der Waals surface area contributed by atoms with Crippen LogP contribution in [0.1, 0.15) is 24.3 Å². The third kappa shape index (κ3) is 2.85. The van der Waals surface area contributed by atoms with E-state index in [0.29, 0.717) is 17.1 Å². The Labute approximate surface area is 122 Å². The third-order valence-electron chi connectivity index (χ3n) is 3.55. The summed E-state index contributed by atoms with van der Waals surface area (Å²) in [6.07, 6.45) is 2.16. The molecule has 0 bridgehead atoms. The number of pyridine rings is 1. The fourth-order valence-corrected chi connectivity index (χ4v) is 2.95. The molecule has 1 N–H and O–H groups in total. The van der Waals surface area contributed by atoms with Crippen molar-refractivity contribution in [3.05, 3.63) is 58.2 Å². The maximum absolute atomic E-state index is 6.21. The molecule has 1 heterocycles. The second-order valence-electron chi connectivity index (χ2n) is 4.88. The van der Waals surface area contributed by atoms with Crippen molar-refractivity contribution < 1.29 is 0 Å². The van der Waals surface area contributed by atoms with Gasteiger partial charge in [0.25, 0.3) is 0 Å². The van der Waals surface area contributed by atoms with Crippen LogP contribution in [0.25, 0.3) is 0 Å². The highest BCUT2D eigenvalue weighted by Crippen LogP contribution is 2.41. The van der Waals surface area contributed by atoms with Gasteiger partial charge >= 0.3 is 0 Å². The van der Waals surface area contributed by atoms with Gasteiger partial charge in [0, 0.05) is 11.1 Å². The lowest BCUT2D eigenvalue weighted by Crippen LogP contribution is -2.34. The SMILES string of the molecule is Clc1cccc(NC2CC(c3ccccc3Cl)C2)n1. The second-order valence-corrected chi connectivity index (χ2v) is 5.67. The first-order valence-corrected chi connectivity index (χ1v) is 7.11. The molecule has 0 radical (unpaired) electrons.